The molecule has 2 aliphatic rings. The van der Waals surface area contributed by atoms with Gasteiger partial charge >= 0.3 is 0 Å². The quantitative estimate of drug-likeness (QED) is 0.848. The van der Waals surface area contributed by atoms with Crippen LogP contribution in [-0.4, -0.2) is 52.0 Å². The summed E-state index contributed by atoms with van der Waals surface area (Å²) < 4.78 is 18.3. The summed E-state index contributed by atoms with van der Waals surface area (Å²) >= 11 is 0. The summed E-state index contributed by atoms with van der Waals surface area (Å²) in [6, 6.07) is 6.60. The third-order valence-corrected chi connectivity index (χ3v) is 5.00. The van der Waals surface area contributed by atoms with Crippen molar-refractivity contribution in [3.05, 3.63) is 47.4 Å². The smallest absolute Gasteiger partial charge is 0.226 e. The molecule has 0 radical (unpaired) electrons. The van der Waals surface area contributed by atoms with Crippen molar-refractivity contribution in [1.82, 2.24) is 19.9 Å². The number of benzene rings is 1. The minimum atomic E-state index is -0.235. The van der Waals surface area contributed by atoms with Crippen LogP contribution in [0.15, 0.2) is 28.8 Å². The van der Waals surface area contributed by atoms with E-state index in [-0.39, 0.29) is 23.6 Å². The molecule has 2 aromatic rings. The average Bonchev–Trinajstić information content (AvgIpc) is 3.31. The SMILES string of the molecule is Cc1nc(CN2CCN(C(=O)[C@@H]3C[C@@H]3c3cccc(F)c3)CC2)no1. The molecule has 25 heavy (non-hydrogen) atoms. The highest BCUT2D eigenvalue weighted by Crippen LogP contribution is 2.48. The summed E-state index contributed by atoms with van der Waals surface area (Å²) in [5, 5.41) is 3.91. The van der Waals surface area contributed by atoms with Crippen molar-refractivity contribution in [3.8, 4) is 0 Å². The lowest BCUT2D eigenvalue weighted by Gasteiger charge is -2.34. The molecule has 2 fully saturated rings. The highest BCUT2D eigenvalue weighted by Gasteiger charge is 2.46. The number of halogens is 1. The predicted octanol–water partition coefficient (Wildman–Crippen LogP) is 1.97. The predicted molar refractivity (Wildman–Crippen MR) is 88.1 cm³/mol. The van der Waals surface area contributed by atoms with Crippen LogP contribution in [0.4, 0.5) is 4.39 Å². The van der Waals surface area contributed by atoms with E-state index in [4.69, 9.17) is 4.52 Å². The Morgan fingerprint density at radius 1 is 1.32 bits per heavy atom. The number of piperazine rings is 1. The molecule has 6 nitrogen and oxygen atoms in total. The molecule has 1 saturated carbocycles. The molecule has 0 spiro atoms. The topological polar surface area (TPSA) is 62.5 Å². The molecule has 4 rings (SSSR count). The third kappa shape index (κ3) is 3.56. The summed E-state index contributed by atoms with van der Waals surface area (Å²) in [5.74, 6) is 1.40. The first-order valence-electron chi connectivity index (χ1n) is 8.66. The lowest BCUT2D eigenvalue weighted by molar-refractivity contribution is -0.134. The van der Waals surface area contributed by atoms with Gasteiger partial charge in [0.15, 0.2) is 5.82 Å². The van der Waals surface area contributed by atoms with Crippen LogP contribution in [0.1, 0.15) is 29.6 Å². The molecule has 0 bridgehead atoms. The molecule has 7 heteroatoms. The van der Waals surface area contributed by atoms with E-state index < -0.39 is 0 Å². The second-order valence-electron chi connectivity index (χ2n) is 6.83. The standard InChI is InChI=1S/C18H21FN4O2/c1-12-20-17(21-25-12)11-22-5-7-23(8-6-22)18(24)16-10-15(16)13-3-2-4-14(19)9-13/h2-4,9,15-16H,5-8,10-11H2,1H3/t15-,16-/m1/s1. The van der Waals surface area contributed by atoms with Crippen molar-refractivity contribution in [2.45, 2.75) is 25.8 Å². The summed E-state index contributed by atoms with van der Waals surface area (Å²) in [6.07, 6.45) is 0.824. The second kappa shape index (κ2) is 6.55. The number of aryl methyl sites for hydroxylation is 1. The fourth-order valence-electron chi connectivity index (χ4n) is 3.54. The number of nitrogens with zero attached hydrogens (tertiary/aromatic N) is 4. The van der Waals surface area contributed by atoms with E-state index >= 15 is 0 Å². The molecule has 1 aliphatic heterocycles. The Labute approximate surface area is 145 Å². The van der Waals surface area contributed by atoms with Crippen LogP contribution in [0.25, 0.3) is 0 Å². The Kier molecular flexibility index (Phi) is 4.25. The molecule has 132 valence electrons. The fourth-order valence-corrected chi connectivity index (χ4v) is 3.54. The van der Waals surface area contributed by atoms with Crippen LogP contribution < -0.4 is 0 Å². The van der Waals surface area contributed by atoms with Crippen molar-refractivity contribution < 1.29 is 13.7 Å². The molecule has 0 unspecified atom stereocenters. The summed E-state index contributed by atoms with van der Waals surface area (Å²) in [7, 11) is 0. The average molecular weight is 344 g/mol. The van der Waals surface area contributed by atoms with Crippen molar-refractivity contribution in [3.63, 3.8) is 0 Å². The minimum absolute atomic E-state index is 0.00760. The van der Waals surface area contributed by atoms with E-state index in [1.807, 2.05) is 11.0 Å². The largest absolute Gasteiger partial charge is 0.340 e. The van der Waals surface area contributed by atoms with E-state index in [1.165, 1.54) is 6.07 Å². The maximum absolute atomic E-state index is 13.3. The third-order valence-electron chi connectivity index (χ3n) is 5.00. The van der Waals surface area contributed by atoms with Gasteiger partial charge in [0, 0.05) is 39.0 Å². The molecular formula is C18H21FN4O2. The maximum atomic E-state index is 13.3. The molecule has 2 atom stereocenters. The minimum Gasteiger partial charge on any atom is -0.340 e. The summed E-state index contributed by atoms with van der Waals surface area (Å²) in [5.41, 5.74) is 0.935. The molecular weight excluding hydrogens is 323 g/mol. The van der Waals surface area contributed by atoms with Crippen LogP contribution in [0.2, 0.25) is 0 Å². The number of rotatable bonds is 4. The van der Waals surface area contributed by atoms with Gasteiger partial charge in [0.25, 0.3) is 0 Å². The molecule has 1 aliphatic carbocycles. The van der Waals surface area contributed by atoms with Crippen molar-refractivity contribution in [2.75, 3.05) is 26.2 Å². The molecule has 1 aromatic heterocycles. The van der Waals surface area contributed by atoms with Gasteiger partial charge in [-0.1, -0.05) is 17.3 Å². The number of carbonyl (C=O) groups is 1. The van der Waals surface area contributed by atoms with E-state index in [0.29, 0.717) is 31.3 Å². The Balaban J connectivity index is 1.29. The Bertz CT molecular complexity index is 770. The molecule has 2 heterocycles. The monoisotopic (exact) mass is 344 g/mol. The summed E-state index contributed by atoms with van der Waals surface area (Å²) in [4.78, 5) is 21.0. The van der Waals surface area contributed by atoms with E-state index in [1.54, 1.807) is 19.1 Å². The van der Waals surface area contributed by atoms with Crippen LogP contribution in [0.5, 0.6) is 0 Å². The van der Waals surface area contributed by atoms with Crippen molar-refractivity contribution in [1.29, 1.82) is 0 Å². The van der Waals surface area contributed by atoms with Gasteiger partial charge < -0.3 is 9.42 Å². The number of aromatic nitrogens is 2. The van der Waals surface area contributed by atoms with Gasteiger partial charge in [-0.2, -0.15) is 4.98 Å². The van der Waals surface area contributed by atoms with Gasteiger partial charge in [0.2, 0.25) is 11.8 Å². The molecule has 1 saturated heterocycles. The van der Waals surface area contributed by atoms with Gasteiger partial charge in [-0.15, -0.1) is 0 Å². The second-order valence-corrected chi connectivity index (χ2v) is 6.83. The van der Waals surface area contributed by atoms with Crippen LogP contribution in [0, 0.1) is 18.7 Å². The van der Waals surface area contributed by atoms with Gasteiger partial charge in [-0.25, -0.2) is 4.39 Å². The number of hydrogen-bond donors (Lipinski definition) is 0. The van der Waals surface area contributed by atoms with E-state index in [9.17, 15) is 9.18 Å². The van der Waals surface area contributed by atoms with Crippen LogP contribution in [0.3, 0.4) is 0 Å². The molecule has 1 amide bonds. The fraction of sp³-hybridized carbons (Fsp3) is 0.500. The van der Waals surface area contributed by atoms with Crippen molar-refractivity contribution >= 4 is 5.91 Å². The maximum Gasteiger partial charge on any atom is 0.226 e. The zero-order valence-electron chi connectivity index (χ0n) is 14.2. The number of hydrogen-bond acceptors (Lipinski definition) is 5. The highest BCUT2D eigenvalue weighted by molar-refractivity contribution is 5.83. The van der Waals surface area contributed by atoms with Gasteiger partial charge in [0.05, 0.1) is 6.54 Å². The van der Waals surface area contributed by atoms with Gasteiger partial charge in [-0.3, -0.25) is 9.69 Å². The van der Waals surface area contributed by atoms with Crippen molar-refractivity contribution in [2.24, 2.45) is 5.92 Å². The zero-order valence-corrected chi connectivity index (χ0v) is 14.2. The van der Waals surface area contributed by atoms with Crippen LogP contribution >= 0.6 is 0 Å². The first-order chi connectivity index (χ1) is 12.1. The highest BCUT2D eigenvalue weighted by atomic mass is 19.1. The lowest BCUT2D eigenvalue weighted by atomic mass is 10.1. The lowest BCUT2D eigenvalue weighted by Crippen LogP contribution is -2.49. The van der Waals surface area contributed by atoms with Gasteiger partial charge in [-0.05, 0) is 30.0 Å². The molecule has 1 aromatic carbocycles. The zero-order chi connectivity index (χ0) is 17.4. The van der Waals surface area contributed by atoms with E-state index in [0.717, 1.165) is 25.1 Å². The Morgan fingerprint density at radius 3 is 2.80 bits per heavy atom. The molecule has 0 N–H and O–H groups in total. The van der Waals surface area contributed by atoms with Gasteiger partial charge in [0.1, 0.15) is 5.82 Å². The Morgan fingerprint density at radius 2 is 2.12 bits per heavy atom. The first kappa shape index (κ1) is 16.2. The normalized spacial score (nSPS) is 23.7. The number of carbonyl (C=O) groups excluding carboxylic acids is 1. The number of amides is 1. The summed E-state index contributed by atoms with van der Waals surface area (Å²) in [6.45, 7) is 5.45. The van der Waals surface area contributed by atoms with E-state index in [2.05, 4.69) is 15.0 Å². The Hall–Kier alpha value is -2.28. The first-order valence-corrected chi connectivity index (χ1v) is 8.66. The van der Waals surface area contributed by atoms with Crippen LogP contribution in [-0.2, 0) is 11.3 Å².